The lowest BCUT2D eigenvalue weighted by Gasteiger charge is -2.34. The summed E-state index contributed by atoms with van der Waals surface area (Å²) in [5, 5.41) is 17.6. The Bertz CT molecular complexity index is 997. The third-order valence-electron chi connectivity index (χ3n) is 6.28. The summed E-state index contributed by atoms with van der Waals surface area (Å²) in [6, 6.07) is 6.23. The van der Waals surface area contributed by atoms with E-state index in [1.807, 2.05) is 6.20 Å². The van der Waals surface area contributed by atoms with Gasteiger partial charge in [-0.3, -0.25) is 10.0 Å². The van der Waals surface area contributed by atoms with E-state index >= 15 is 0 Å². The first-order chi connectivity index (χ1) is 14.5. The first kappa shape index (κ1) is 23.6. The Kier molecular flexibility index (Phi) is 7.35. The summed E-state index contributed by atoms with van der Waals surface area (Å²) in [6.45, 7) is 0.265. The maximum atomic E-state index is 13.3. The van der Waals surface area contributed by atoms with Crippen molar-refractivity contribution >= 4 is 28.2 Å². The van der Waals surface area contributed by atoms with Gasteiger partial charge < -0.3 is 4.74 Å². The fourth-order valence-electron chi connectivity index (χ4n) is 4.41. The lowest BCUT2D eigenvalue weighted by molar-refractivity contribution is -0.134. The average Bonchev–Trinajstić information content (AvgIpc) is 3.30. The second-order valence-corrected chi connectivity index (χ2v) is 10.2. The van der Waals surface area contributed by atoms with E-state index in [9.17, 15) is 13.2 Å². The van der Waals surface area contributed by atoms with Crippen LogP contribution < -0.4 is 5.48 Å². The number of hydrogen-bond acceptors (Lipinski definition) is 7. The van der Waals surface area contributed by atoms with Crippen molar-refractivity contribution < 1.29 is 23.2 Å². The standard InChI is InChI=1S/C20H26N4O5S.ClH/c25-19(22-26)20(10-12-29-13-11-20)30(27,28)17-8-6-16(7-9-17)24-14-18(21-23-24)15-4-2-1-3-5-15;/h6-9,14-15,26H,1-5,10-13H2,(H,22,25);1H. The van der Waals surface area contributed by atoms with Gasteiger partial charge >= 0.3 is 0 Å². The number of carbonyl (C=O) groups is 1. The molecule has 2 heterocycles. The number of halogens is 1. The topological polar surface area (TPSA) is 123 Å². The highest BCUT2D eigenvalue weighted by Crippen LogP contribution is 2.36. The summed E-state index contributed by atoms with van der Waals surface area (Å²) in [4.78, 5) is 12.3. The maximum absolute atomic E-state index is 13.3. The van der Waals surface area contributed by atoms with Crippen LogP contribution in [0.5, 0.6) is 0 Å². The first-order valence-electron chi connectivity index (χ1n) is 10.3. The molecule has 1 aliphatic carbocycles. The number of nitrogens with zero attached hydrogens (tertiary/aromatic N) is 3. The van der Waals surface area contributed by atoms with Crippen LogP contribution in [0.25, 0.3) is 5.69 Å². The number of nitrogens with one attached hydrogen (secondary N) is 1. The van der Waals surface area contributed by atoms with E-state index in [-0.39, 0.29) is 43.4 Å². The maximum Gasteiger partial charge on any atom is 0.265 e. The zero-order valence-electron chi connectivity index (χ0n) is 17.1. The molecule has 0 atom stereocenters. The first-order valence-corrected chi connectivity index (χ1v) is 11.8. The summed E-state index contributed by atoms with van der Waals surface area (Å²) >= 11 is 0. The molecule has 0 spiro atoms. The Balaban J connectivity index is 0.00000272. The van der Waals surface area contributed by atoms with E-state index in [0.29, 0.717) is 11.6 Å². The van der Waals surface area contributed by atoms with Gasteiger partial charge in [-0.1, -0.05) is 24.5 Å². The normalized spacial score (nSPS) is 19.4. The number of ether oxygens (including phenoxy) is 1. The molecule has 2 fully saturated rings. The van der Waals surface area contributed by atoms with E-state index in [1.165, 1.54) is 36.9 Å². The van der Waals surface area contributed by atoms with Crippen LogP contribution in [0.15, 0.2) is 35.4 Å². The highest BCUT2D eigenvalue weighted by molar-refractivity contribution is 7.93. The van der Waals surface area contributed by atoms with Gasteiger partial charge in [0, 0.05) is 19.1 Å². The van der Waals surface area contributed by atoms with Crippen LogP contribution in [0.2, 0.25) is 0 Å². The number of hydroxylamine groups is 1. The molecular formula is C20H27ClN4O5S. The second-order valence-electron chi connectivity index (χ2n) is 7.97. The van der Waals surface area contributed by atoms with Crippen molar-refractivity contribution in [2.24, 2.45) is 0 Å². The molecule has 31 heavy (non-hydrogen) atoms. The second kappa shape index (κ2) is 9.64. The van der Waals surface area contributed by atoms with Crippen LogP contribution >= 0.6 is 12.4 Å². The molecule has 0 bridgehead atoms. The lowest BCUT2D eigenvalue weighted by atomic mass is 9.87. The fraction of sp³-hybridized carbons (Fsp3) is 0.550. The van der Waals surface area contributed by atoms with Crippen LogP contribution in [-0.4, -0.2) is 52.5 Å². The molecule has 2 aromatic rings. The van der Waals surface area contributed by atoms with Crippen LogP contribution in [0, 0.1) is 0 Å². The van der Waals surface area contributed by atoms with Crippen molar-refractivity contribution in [2.75, 3.05) is 13.2 Å². The van der Waals surface area contributed by atoms with E-state index in [4.69, 9.17) is 9.94 Å². The van der Waals surface area contributed by atoms with E-state index in [1.54, 1.807) is 16.8 Å². The summed E-state index contributed by atoms with van der Waals surface area (Å²) in [7, 11) is -4.04. The van der Waals surface area contributed by atoms with Gasteiger partial charge in [0.2, 0.25) is 0 Å². The summed E-state index contributed by atoms with van der Waals surface area (Å²) in [6.07, 6.45) is 7.79. The van der Waals surface area contributed by atoms with Gasteiger partial charge in [0.1, 0.15) is 0 Å². The summed E-state index contributed by atoms with van der Waals surface area (Å²) in [5.74, 6) is -0.499. The summed E-state index contributed by atoms with van der Waals surface area (Å²) < 4.78 is 31.7. The van der Waals surface area contributed by atoms with Gasteiger partial charge in [-0.2, -0.15) is 0 Å². The minimum atomic E-state index is -4.04. The van der Waals surface area contributed by atoms with E-state index in [0.717, 1.165) is 18.5 Å². The molecule has 0 radical (unpaired) electrons. The average molecular weight is 471 g/mol. The Hall–Kier alpha value is -2.01. The van der Waals surface area contributed by atoms with Crippen LogP contribution in [-0.2, 0) is 19.4 Å². The third-order valence-corrected chi connectivity index (χ3v) is 8.79. The molecule has 0 unspecified atom stereocenters. The van der Waals surface area contributed by atoms with Gasteiger partial charge in [-0.25, -0.2) is 18.6 Å². The molecule has 11 heteroatoms. The largest absolute Gasteiger partial charge is 0.381 e. The van der Waals surface area contributed by atoms with Gasteiger partial charge in [0.15, 0.2) is 14.6 Å². The molecule has 4 rings (SSSR count). The number of sulfone groups is 1. The highest BCUT2D eigenvalue weighted by atomic mass is 35.5. The predicted octanol–water partition coefficient (Wildman–Crippen LogP) is 2.57. The molecule has 1 saturated heterocycles. The number of hydrogen-bond donors (Lipinski definition) is 2. The molecule has 2 N–H and O–H groups in total. The van der Waals surface area contributed by atoms with E-state index in [2.05, 4.69) is 10.3 Å². The van der Waals surface area contributed by atoms with E-state index < -0.39 is 20.5 Å². The smallest absolute Gasteiger partial charge is 0.265 e. The van der Waals surface area contributed by atoms with Crippen molar-refractivity contribution in [1.82, 2.24) is 20.5 Å². The molecule has 1 saturated carbocycles. The van der Waals surface area contributed by atoms with Gasteiger partial charge in [0.05, 0.1) is 22.5 Å². The van der Waals surface area contributed by atoms with Crippen molar-refractivity contribution in [2.45, 2.75) is 60.5 Å². The zero-order chi connectivity index (χ0) is 21.2. The van der Waals surface area contributed by atoms with Gasteiger partial charge in [-0.05, 0) is 49.9 Å². The monoisotopic (exact) mass is 470 g/mol. The van der Waals surface area contributed by atoms with Crippen LogP contribution in [0.1, 0.15) is 56.6 Å². The quantitative estimate of drug-likeness (QED) is 0.508. The van der Waals surface area contributed by atoms with Crippen molar-refractivity contribution in [3.05, 3.63) is 36.2 Å². The lowest BCUT2D eigenvalue weighted by Crippen LogP contribution is -2.54. The van der Waals surface area contributed by atoms with Crippen LogP contribution in [0.3, 0.4) is 0 Å². The molecule has 1 aliphatic heterocycles. The Morgan fingerprint density at radius 3 is 2.39 bits per heavy atom. The summed E-state index contributed by atoms with van der Waals surface area (Å²) in [5.41, 5.74) is 3.18. The Morgan fingerprint density at radius 2 is 1.77 bits per heavy atom. The van der Waals surface area contributed by atoms with Crippen molar-refractivity contribution in [3.63, 3.8) is 0 Å². The molecule has 170 valence electrons. The van der Waals surface area contributed by atoms with Crippen molar-refractivity contribution in [1.29, 1.82) is 0 Å². The third kappa shape index (κ3) is 4.34. The number of amides is 1. The Labute approximate surface area is 187 Å². The SMILES string of the molecule is Cl.O=C(NO)C1(S(=O)(=O)c2ccc(-n3cc(C4CCCCC4)nn3)cc2)CCOCC1. The Morgan fingerprint density at radius 1 is 1.13 bits per heavy atom. The molecule has 1 aromatic heterocycles. The molecule has 1 aromatic carbocycles. The molecule has 2 aliphatic rings. The van der Waals surface area contributed by atoms with Gasteiger partial charge in [0.25, 0.3) is 5.91 Å². The number of aromatic nitrogens is 3. The van der Waals surface area contributed by atoms with Crippen LogP contribution in [0.4, 0.5) is 0 Å². The molecule has 1 amide bonds. The predicted molar refractivity (Wildman–Crippen MR) is 114 cm³/mol. The highest BCUT2D eigenvalue weighted by Gasteiger charge is 2.52. The number of rotatable bonds is 5. The fourth-order valence-corrected chi connectivity index (χ4v) is 6.35. The van der Waals surface area contributed by atoms with Gasteiger partial charge in [-0.15, -0.1) is 17.5 Å². The number of benzene rings is 1. The minimum Gasteiger partial charge on any atom is -0.381 e. The van der Waals surface area contributed by atoms with Crippen molar-refractivity contribution in [3.8, 4) is 5.69 Å². The zero-order valence-corrected chi connectivity index (χ0v) is 18.7. The minimum absolute atomic E-state index is 0. The molecule has 9 nitrogen and oxygen atoms in total. The molecular weight excluding hydrogens is 444 g/mol. The number of carbonyl (C=O) groups excluding carboxylic acids is 1.